The molecule has 2 saturated heterocycles. The third-order valence-electron chi connectivity index (χ3n) is 5.91. The van der Waals surface area contributed by atoms with E-state index in [0.29, 0.717) is 69.0 Å². The molecule has 4 rings (SSSR count). The fourth-order valence-electron chi connectivity index (χ4n) is 3.94. The zero-order valence-electron chi connectivity index (χ0n) is 23.2. The lowest BCUT2D eigenvalue weighted by molar-refractivity contribution is 0.142. The highest BCUT2D eigenvalue weighted by atomic mass is 35.5. The molecule has 0 aromatic heterocycles. The molecule has 0 aliphatic carbocycles. The average molecular weight is 677 g/mol. The molecule has 2 aliphatic heterocycles. The van der Waals surface area contributed by atoms with Gasteiger partial charge < -0.3 is 20.1 Å². The molecule has 228 valence electrons. The maximum absolute atomic E-state index is 14.0. The highest BCUT2D eigenvalue weighted by Gasteiger charge is 2.33. The van der Waals surface area contributed by atoms with Crippen molar-refractivity contribution in [1.29, 1.82) is 0 Å². The summed E-state index contributed by atoms with van der Waals surface area (Å²) in [7, 11) is 0. The number of amides is 2. The lowest BCUT2D eigenvalue weighted by Gasteiger charge is -2.14. The molecule has 0 unspecified atom stereocenters. The summed E-state index contributed by atoms with van der Waals surface area (Å²) in [5.74, 6) is 0.392. The van der Waals surface area contributed by atoms with E-state index < -0.39 is 12.2 Å². The first kappa shape index (κ1) is 34.1. The van der Waals surface area contributed by atoms with E-state index >= 15 is 0 Å². The number of hydrogen-bond donors (Lipinski definition) is 2. The number of benzene rings is 2. The summed E-state index contributed by atoms with van der Waals surface area (Å²) in [5, 5.41) is 5.92. The van der Waals surface area contributed by atoms with Crippen molar-refractivity contribution in [2.75, 3.05) is 53.9 Å². The van der Waals surface area contributed by atoms with Gasteiger partial charge >= 0.3 is 12.2 Å². The number of carbonyl (C=O) groups is 2. The third-order valence-corrected chi connectivity index (χ3v) is 8.44. The van der Waals surface area contributed by atoms with Crippen LogP contribution in [0.3, 0.4) is 0 Å². The Labute approximate surface area is 268 Å². The molecule has 15 heteroatoms. The summed E-state index contributed by atoms with van der Waals surface area (Å²) in [5.41, 5.74) is 0.992. The number of thioether (sulfide) groups is 2. The van der Waals surface area contributed by atoms with Crippen molar-refractivity contribution in [3.63, 3.8) is 0 Å². The first-order valence-corrected chi connectivity index (χ1v) is 16.4. The fourth-order valence-corrected chi connectivity index (χ4v) is 5.45. The molecule has 0 bridgehead atoms. The number of thiocarbonyl (C=S) groups is 2. The van der Waals surface area contributed by atoms with Crippen molar-refractivity contribution < 1.29 is 27.8 Å². The Bertz CT molecular complexity index is 1310. The quantitative estimate of drug-likeness (QED) is 0.172. The van der Waals surface area contributed by atoms with E-state index in [2.05, 4.69) is 10.6 Å². The molecule has 2 amide bonds. The Morgan fingerprint density at radius 3 is 1.74 bits per heavy atom. The number of ether oxygens (including phenoxy) is 2. The van der Waals surface area contributed by atoms with Crippen molar-refractivity contribution in [2.24, 2.45) is 0 Å². The molecular formula is C27H31ClF2N4O4S4. The van der Waals surface area contributed by atoms with Gasteiger partial charge in [-0.1, -0.05) is 24.4 Å². The smallest absolute Gasteiger partial charge is 0.414 e. The van der Waals surface area contributed by atoms with Gasteiger partial charge in [0.2, 0.25) is 0 Å². The van der Waals surface area contributed by atoms with Gasteiger partial charge in [-0.3, -0.25) is 9.80 Å². The van der Waals surface area contributed by atoms with Gasteiger partial charge in [0.25, 0.3) is 0 Å². The minimum Gasteiger partial charge on any atom is -0.442 e. The van der Waals surface area contributed by atoms with Crippen LogP contribution in [0.1, 0.15) is 13.8 Å². The average Bonchev–Trinajstić information content (AvgIpc) is 3.52. The monoisotopic (exact) mass is 676 g/mol. The van der Waals surface area contributed by atoms with E-state index in [1.54, 1.807) is 44.4 Å². The second-order valence-corrected chi connectivity index (χ2v) is 12.7. The van der Waals surface area contributed by atoms with E-state index in [0.717, 1.165) is 0 Å². The molecule has 0 radical (unpaired) electrons. The van der Waals surface area contributed by atoms with Crippen LogP contribution in [0.4, 0.5) is 29.7 Å². The maximum Gasteiger partial charge on any atom is 0.414 e. The molecule has 0 saturated carbocycles. The van der Waals surface area contributed by atoms with E-state index in [1.165, 1.54) is 45.5 Å². The molecule has 2 heterocycles. The van der Waals surface area contributed by atoms with Crippen LogP contribution in [0.15, 0.2) is 46.2 Å². The second kappa shape index (κ2) is 16.5. The highest BCUT2D eigenvalue weighted by molar-refractivity contribution is 7.99. The molecule has 2 aromatic rings. The normalized spacial score (nSPS) is 17.8. The van der Waals surface area contributed by atoms with Gasteiger partial charge in [-0.25, -0.2) is 18.4 Å². The van der Waals surface area contributed by atoms with E-state index in [-0.39, 0.29) is 23.8 Å². The van der Waals surface area contributed by atoms with Gasteiger partial charge in [0.05, 0.1) is 47.5 Å². The third kappa shape index (κ3) is 9.83. The van der Waals surface area contributed by atoms with Gasteiger partial charge in [-0.15, -0.1) is 35.1 Å². The number of halogens is 3. The van der Waals surface area contributed by atoms with Gasteiger partial charge in [0.15, 0.2) is 0 Å². The highest BCUT2D eigenvalue weighted by Crippen LogP contribution is 2.29. The van der Waals surface area contributed by atoms with Gasteiger partial charge in [-0.2, -0.15) is 0 Å². The molecule has 2 fully saturated rings. The van der Waals surface area contributed by atoms with Crippen molar-refractivity contribution >= 4 is 93.1 Å². The lowest BCUT2D eigenvalue weighted by Crippen LogP contribution is -2.32. The standard InChI is InChI=1S/C14H16ClFN2O2S2.C13H15FN2O2S2/c1-9(21)17-7-11-8-18(14(19)20-11)10-2-3-13(12(16)6-10)22-5-4-15;1-8(19)15-6-10-7-16(13(17)18-10)9-3-4-12(20-2)11(14)5-9/h2-3,6,11H,4-5,7-8H2,1H3,(H,17,21);3-5,10H,6-7H2,1-2H3,(H,15,19)/t11-;10-/m00/s1. The van der Waals surface area contributed by atoms with Gasteiger partial charge in [-0.05, 0) is 56.5 Å². The minimum absolute atomic E-state index is 0.288. The van der Waals surface area contributed by atoms with Crippen molar-refractivity contribution in [1.82, 2.24) is 10.6 Å². The number of carbonyl (C=O) groups excluding carboxylic acids is 2. The molecule has 42 heavy (non-hydrogen) atoms. The van der Waals surface area contributed by atoms with Crippen LogP contribution in [0, 0.1) is 11.6 Å². The molecular weight excluding hydrogens is 646 g/mol. The lowest BCUT2D eigenvalue weighted by atomic mass is 10.2. The Morgan fingerprint density at radius 2 is 1.36 bits per heavy atom. The molecule has 2 aromatic carbocycles. The first-order chi connectivity index (χ1) is 20.0. The summed E-state index contributed by atoms with van der Waals surface area (Å²) >= 11 is 18.1. The summed E-state index contributed by atoms with van der Waals surface area (Å²) in [4.78, 5) is 28.9. The molecule has 8 nitrogen and oxygen atoms in total. The number of hydrogen-bond acceptors (Lipinski definition) is 8. The molecule has 2 atom stereocenters. The number of rotatable bonds is 10. The van der Waals surface area contributed by atoms with Crippen molar-refractivity contribution in [2.45, 2.75) is 35.8 Å². The Kier molecular flexibility index (Phi) is 13.4. The maximum atomic E-state index is 14.0. The summed E-state index contributed by atoms with van der Waals surface area (Å²) < 4.78 is 38.2. The summed E-state index contributed by atoms with van der Waals surface area (Å²) in [6.07, 6.45) is 0.268. The van der Waals surface area contributed by atoms with E-state index in [9.17, 15) is 18.4 Å². The van der Waals surface area contributed by atoms with Crippen LogP contribution in [0.5, 0.6) is 0 Å². The van der Waals surface area contributed by atoms with Gasteiger partial charge in [0, 0.05) is 21.4 Å². The molecule has 2 N–H and O–H groups in total. The summed E-state index contributed by atoms with van der Waals surface area (Å²) in [6.45, 7) is 5.18. The van der Waals surface area contributed by atoms with E-state index in [4.69, 9.17) is 45.5 Å². The van der Waals surface area contributed by atoms with Crippen LogP contribution in [-0.2, 0) is 9.47 Å². The number of alkyl halides is 1. The fraction of sp³-hybridized carbons (Fsp3) is 0.407. The minimum atomic E-state index is -0.477. The zero-order valence-corrected chi connectivity index (χ0v) is 27.2. The topological polar surface area (TPSA) is 83.1 Å². The number of nitrogens with zero attached hydrogens (tertiary/aromatic N) is 2. The Balaban J connectivity index is 0.000000231. The van der Waals surface area contributed by atoms with E-state index in [1.807, 2.05) is 0 Å². The van der Waals surface area contributed by atoms with Crippen molar-refractivity contribution in [3.8, 4) is 0 Å². The van der Waals surface area contributed by atoms with Crippen LogP contribution < -0.4 is 20.4 Å². The SMILES string of the molecule is CC(=S)NC[C@H]1CN(c2ccc(SCCCl)c(F)c2)C(=O)O1.CSc1ccc(N2C[C@H](CNC(C)=S)OC2=O)cc1F. The van der Waals surface area contributed by atoms with Crippen LogP contribution >= 0.6 is 59.6 Å². The Hall–Kier alpha value is -2.39. The zero-order chi connectivity index (χ0) is 30.8. The van der Waals surface area contributed by atoms with Crippen molar-refractivity contribution in [3.05, 3.63) is 48.0 Å². The molecule has 0 spiro atoms. The summed E-state index contributed by atoms with van der Waals surface area (Å²) in [6, 6.07) is 9.44. The molecule has 2 aliphatic rings. The number of nitrogens with one attached hydrogen (secondary N) is 2. The van der Waals surface area contributed by atoms with Crippen LogP contribution in [0.25, 0.3) is 0 Å². The number of anilines is 2. The predicted octanol–water partition coefficient (Wildman–Crippen LogP) is 6.23. The Morgan fingerprint density at radius 1 is 0.905 bits per heavy atom. The second-order valence-electron chi connectivity index (χ2n) is 9.08. The number of cyclic esters (lactones) is 2. The van der Waals surface area contributed by atoms with Gasteiger partial charge in [0.1, 0.15) is 23.8 Å². The predicted molar refractivity (Wildman–Crippen MR) is 174 cm³/mol. The van der Waals surface area contributed by atoms with Crippen LogP contribution in [-0.4, -0.2) is 78.4 Å². The van der Waals surface area contributed by atoms with Crippen LogP contribution in [0.2, 0.25) is 0 Å². The largest absolute Gasteiger partial charge is 0.442 e. The first-order valence-electron chi connectivity index (χ1n) is 12.8.